The number of benzene rings is 1. The Bertz CT molecular complexity index is 1450. The van der Waals surface area contributed by atoms with Crippen molar-refractivity contribution in [1.29, 1.82) is 0 Å². The van der Waals surface area contributed by atoms with Gasteiger partial charge in [-0.25, -0.2) is 0 Å². The Balaban J connectivity index is 1.89. The van der Waals surface area contributed by atoms with Crippen LogP contribution < -0.4 is 16.0 Å². The molecular weight excluding hydrogens is 550 g/mol. The molecule has 42 heavy (non-hydrogen) atoms. The molecule has 14 heteroatoms. The summed E-state index contributed by atoms with van der Waals surface area (Å²) in [7, 11) is 6.52. The van der Waals surface area contributed by atoms with Crippen molar-refractivity contribution in [3.8, 4) is 5.75 Å². The molecule has 1 aromatic rings. The Labute approximate surface area is 242 Å². The van der Waals surface area contributed by atoms with Crippen LogP contribution in [0.3, 0.4) is 0 Å². The van der Waals surface area contributed by atoms with Gasteiger partial charge < -0.3 is 41.6 Å². The second kappa shape index (κ2) is 10.7. The van der Waals surface area contributed by atoms with Crippen LogP contribution in [0.5, 0.6) is 5.75 Å². The molecule has 0 unspecified atom stereocenters. The van der Waals surface area contributed by atoms with Crippen molar-refractivity contribution < 1.29 is 44.8 Å². The SMILES string of the molecule is CC(C)N(O)CC(=O)Nc1cc(N(C)C)c2c(c1O)C(=O)C1=C(O)[C@]3(O)C(=O)C(C(N)=O)=C(O)[C@@H](N(C)C)[C@@H]3C[C@@H]1C2. The van der Waals surface area contributed by atoms with Crippen LogP contribution in [0.1, 0.15) is 36.2 Å². The highest BCUT2D eigenvalue weighted by Gasteiger charge is 2.63. The van der Waals surface area contributed by atoms with E-state index in [0.29, 0.717) is 11.3 Å². The van der Waals surface area contributed by atoms with Gasteiger partial charge in [-0.2, -0.15) is 5.06 Å². The molecule has 14 nitrogen and oxygen atoms in total. The van der Waals surface area contributed by atoms with Crippen molar-refractivity contribution in [1.82, 2.24) is 9.96 Å². The fourth-order valence-electron chi connectivity index (χ4n) is 6.31. The molecule has 0 spiro atoms. The van der Waals surface area contributed by atoms with E-state index in [0.717, 1.165) is 5.06 Å². The van der Waals surface area contributed by atoms with E-state index in [1.54, 1.807) is 46.9 Å². The number of primary amides is 1. The van der Waals surface area contributed by atoms with E-state index in [-0.39, 0.29) is 35.7 Å². The quantitative estimate of drug-likeness (QED) is 0.130. The van der Waals surface area contributed by atoms with E-state index in [2.05, 4.69) is 5.32 Å². The Hall–Kier alpha value is -3.98. The van der Waals surface area contributed by atoms with Gasteiger partial charge in [0.2, 0.25) is 11.7 Å². The van der Waals surface area contributed by atoms with Crippen molar-refractivity contribution >= 4 is 34.8 Å². The second-order valence-electron chi connectivity index (χ2n) is 11.7. The minimum atomic E-state index is -2.75. The van der Waals surface area contributed by atoms with E-state index < -0.39 is 76.2 Å². The van der Waals surface area contributed by atoms with E-state index in [4.69, 9.17) is 5.73 Å². The summed E-state index contributed by atoms with van der Waals surface area (Å²) in [4.78, 5) is 55.4. The van der Waals surface area contributed by atoms with Crippen LogP contribution in [0.4, 0.5) is 11.4 Å². The van der Waals surface area contributed by atoms with Crippen LogP contribution in [0.15, 0.2) is 28.7 Å². The predicted molar refractivity (Wildman–Crippen MR) is 150 cm³/mol. The molecule has 4 atom stereocenters. The molecule has 0 aromatic heterocycles. The monoisotopic (exact) mass is 587 g/mol. The molecule has 0 saturated carbocycles. The lowest BCUT2D eigenvalue weighted by atomic mass is 9.58. The van der Waals surface area contributed by atoms with Gasteiger partial charge in [-0.05, 0) is 58.3 Å². The van der Waals surface area contributed by atoms with Crippen molar-refractivity contribution in [2.45, 2.75) is 44.4 Å². The fraction of sp³-hybridized carbons (Fsp3) is 0.500. The van der Waals surface area contributed by atoms with Gasteiger partial charge in [0.05, 0.1) is 17.3 Å². The molecule has 228 valence electrons. The van der Waals surface area contributed by atoms with Gasteiger partial charge in [0.15, 0.2) is 17.1 Å². The smallest absolute Gasteiger partial charge is 0.255 e. The Kier molecular flexibility index (Phi) is 7.88. The average Bonchev–Trinajstić information content (AvgIpc) is 2.87. The van der Waals surface area contributed by atoms with Gasteiger partial charge in [0.1, 0.15) is 23.6 Å². The van der Waals surface area contributed by atoms with Gasteiger partial charge >= 0.3 is 0 Å². The number of allylic oxidation sites excluding steroid dienone is 1. The summed E-state index contributed by atoms with van der Waals surface area (Å²) in [5, 5.41) is 58.6. The number of likely N-dealkylation sites (N-methyl/N-ethyl adjacent to an activating group) is 1. The molecule has 0 radical (unpaired) electrons. The summed E-state index contributed by atoms with van der Waals surface area (Å²) >= 11 is 0. The number of aliphatic hydroxyl groups excluding tert-OH is 2. The second-order valence-corrected chi connectivity index (χ2v) is 11.7. The first kappa shape index (κ1) is 31.0. The number of fused-ring (bicyclic) bond motifs is 3. The predicted octanol–water partition coefficient (Wildman–Crippen LogP) is 0.225. The summed E-state index contributed by atoms with van der Waals surface area (Å²) in [6.07, 6.45) is 0.0566. The lowest BCUT2D eigenvalue weighted by Gasteiger charge is -2.50. The summed E-state index contributed by atoms with van der Waals surface area (Å²) in [5.41, 5.74) is 1.97. The number of phenols is 1. The number of aromatic hydroxyl groups is 1. The summed E-state index contributed by atoms with van der Waals surface area (Å²) in [6, 6.07) is 0.0394. The van der Waals surface area contributed by atoms with Gasteiger partial charge in [0.25, 0.3) is 5.91 Å². The highest BCUT2D eigenvalue weighted by molar-refractivity contribution is 6.25. The fourth-order valence-corrected chi connectivity index (χ4v) is 6.31. The van der Waals surface area contributed by atoms with Crippen LogP contribution in [-0.2, 0) is 20.8 Å². The Morgan fingerprint density at radius 1 is 1.14 bits per heavy atom. The maximum absolute atomic E-state index is 14.0. The van der Waals surface area contributed by atoms with Crippen molar-refractivity contribution in [2.75, 3.05) is 45.0 Å². The van der Waals surface area contributed by atoms with E-state index in [1.807, 2.05) is 0 Å². The molecular formula is C28H37N5O9. The minimum absolute atomic E-state index is 0.0422. The molecule has 0 fully saturated rings. The molecule has 0 heterocycles. The van der Waals surface area contributed by atoms with Gasteiger partial charge in [0, 0.05) is 37.3 Å². The molecule has 8 N–H and O–H groups in total. The topological polar surface area (TPSA) is 217 Å². The number of nitrogens with two attached hydrogens (primary N) is 1. The van der Waals surface area contributed by atoms with Gasteiger partial charge in [-0.3, -0.25) is 24.1 Å². The zero-order valence-corrected chi connectivity index (χ0v) is 24.3. The number of ketones is 2. The number of hydrogen-bond acceptors (Lipinski definition) is 12. The number of rotatable bonds is 7. The molecule has 3 aliphatic rings. The summed E-state index contributed by atoms with van der Waals surface area (Å²) in [5.74, 6) is -8.25. The third kappa shape index (κ3) is 4.60. The number of phenolic OH excluding ortho intramolecular Hbond substituents is 1. The number of amides is 2. The first-order chi connectivity index (χ1) is 19.4. The number of hydroxylamine groups is 2. The molecule has 0 saturated heterocycles. The number of hydrogen-bond donors (Lipinski definition) is 7. The standard InChI is InChI=1S/C28H37N5O9/c1-11(2)33(42)10-17(34)30-15-9-16(31(3)4)13-7-12-8-14-21(32(5)6)24(37)20(27(29)40)26(39)28(14,41)25(38)18(12)23(36)19(13)22(15)35/h9,11-12,14,21,35,37-38,41-42H,7-8,10H2,1-6H3,(H2,29,40)(H,30,34)/t12-,14-,21-,28-/m0/s1. The largest absolute Gasteiger partial charge is 0.510 e. The third-order valence-corrected chi connectivity index (χ3v) is 8.36. The number of carbonyl (C=O) groups excluding carboxylic acids is 4. The first-order valence-electron chi connectivity index (χ1n) is 13.4. The van der Waals surface area contributed by atoms with Crippen LogP contribution in [0, 0.1) is 11.8 Å². The number of aliphatic hydroxyl groups is 3. The van der Waals surface area contributed by atoms with Crippen LogP contribution in [0.25, 0.3) is 0 Å². The zero-order valence-electron chi connectivity index (χ0n) is 24.3. The molecule has 4 rings (SSSR count). The summed E-state index contributed by atoms with van der Waals surface area (Å²) in [6.45, 7) is 2.93. The number of nitrogens with zero attached hydrogens (tertiary/aromatic N) is 3. The Morgan fingerprint density at radius 2 is 1.76 bits per heavy atom. The van der Waals surface area contributed by atoms with Crippen LogP contribution in [0.2, 0.25) is 0 Å². The van der Waals surface area contributed by atoms with Crippen LogP contribution >= 0.6 is 0 Å². The zero-order chi connectivity index (χ0) is 31.6. The number of carbonyl (C=O) groups is 4. The van der Waals surface area contributed by atoms with Crippen molar-refractivity contribution in [3.05, 3.63) is 39.9 Å². The van der Waals surface area contributed by atoms with Gasteiger partial charge in [-0.1, -0.05) is 0 Å². The molecule has 3 aliphatic carbocycles. The molecule has 0 aliphatic heterocycles. The van der Waals surface area contributed by atoms with Crippen molar-refractivity contribution in [3.63, 3.8) is 0 Å². The van der Waals surface area contributed by atoms with Crippen LogP contribution in [-0.4, -0.2) is 111 Å². The normalized spacial score (nSPS) is 25.5. The molecule has 0 bridgehead atoms. The van der Waals surface area contributed by atoms with E-state index in [9.17, 15) is 44.8 Å². The van der Waals surface area contributed by atoms with E-state index >= 15 is 0 Å². The highest BCUT2D eigenvalue weighted by atomic mass is 16.5. The highest BCUT2D eigenvalue weighted by Crippen LogP contribution is 2.53. The lowest BCUT2D eigenvalue weighted by Crippen LogP contribution is -2.63. The van der Waals surface area contributed by atoms with Gasteiger partial charge in [-0.15, -0.1) is 0 Å². The lowest BCUT2D eigenvalue weighted by molar-refractivity contribution is -0.148. The third-order valence-electron chi connectivity index (χ3n) is 8.36. The molecule has 2 amide bonds. The number of anilines is 2. The number of Topliss-reactive ketones (excluding diaryl/α,β-unsaturated/α-hetero) is 2. The molecule has 1 aromatic carbocycles. The number of nitrogens with one attached hydrogen (secondary N) is 1. The summed E-state index contributed by atoms with van der Waals surface area (Å²) < 4.78 is 0. The first-order valence-corrected chi connectivity index (χ1v) is 13.4. The maximum atomic E-state index is 14.0. The average molecular weight is 588 g/mol. The minimum Gasteiger partial charge on any atom is -0.510 e. The maximum Gasteiger partial charge on any atom is 0.255 e. The Morgan fingerprint density at radius 3 is 2.29 bits per heavy atom. The van der Waals surface area contributed by atoms with E-state index in [1.165, 1.54) is 11.0 Å². The van der Waals surface area contributed by atoms with Crippen molar-refractivity contribution in [2.24, 2.45) is 17.6 Å².